The van der Waals surface area contributed by atoms with E-state index in [1.807, 2.05) is 18.2 Å². The molecule has 8 nitrogen and oxygen atoms in total. The summed E-state index contributed by atoms with van der Waals surface area (Å²) in [7, 11) is 3.07. The largest absolute Gasteiger partial charge is 0.496 e. The molecule has 1 unspecified atom stereocenters. The Labute approximate surface area is 196 Å². The minimum atomic E-state index is -1.33. The number of carbonyl (C=O) groups excluding carboxylic acids is 2. The third-order valence-corrected chi connectivity index (χ3v) is 6.17. The summed E-state index contributed by atoms with van der Waals surface area (Å²) in [6.45, 7) is 2.13. The summed E-state index contributed by atoms with van der Waals surface area (Å²) >= 11 is 6.31. The van der Waals surface area contributed by atoms with Crippen LogP contribution in [0.3, 0.4) is 0 Å². The van der Waals surface area contributed by atoms with E-state index in [2.05, 4.69) is 5.32 Å². The number of carbonyl (C=O) groups is 2. The predicted molar refractivity (Wildman–Crippen MR) is 123 cm³/mol. The maximum atomic E-state index is 13.5. The van der Waals surface area contributed by atoms with E-state index in [4.69, 9.17) is 30.2 Å². The van der Waals surface area contributed by atoms with E-state index in [0.29, 0.717) is 33.1 Å². The summed E-state index contributed by atoms with van der Waals surface area (Å²) in [6, 6.07) is 12.5. The number of amides is 2. The molecule has 1 N–H and O–H groups in total. The van der Waals surface area contributed by atoms with Crippen molar-refractivity contribution >= 4 is 34.4 Å². The molecule has 0 saturated heterocycles. The van der Waals surface area contributed by atoms with Crippen LogP contribution in [0.5, 0.6) is 11.5 Å². The lowest BCUT2D eigenvalue weighted by atomic mass is 9.99. The standard InChI is InChI=1S/C24H25ClN2O6/c1-24(23(29)26-13-16-17(25)8-6-10-18(16)31-3)14-32-20-15-7-4-5-9-19(15)33-21(20)22(28)27(24)11-12-30-2/h4-10H,11-14H2,1-3H3,(H,26,29). The van der Waals surface area contributed by atoms with Crippen molar-refractivity contribution in [3.8, 4) is 11.5 Å². The third kappa shape index (κ3) is 4.12. The third-order valence-electron chi connectivity index (χ3n) is 5.81. The fourth-order valence-electron chi connectivity index (χ4n) is 3.92. The molecule has 33 heavy (non-hydrogen) atoms. The van der Waals surface area contributed by atoms with Crippen LogP contribution >= 0.6 is 11.6 Å². The van der Waals surface area contributed by atoms with Crippen molar-refractivity contribution < 1.29 is 28.2 Å². The number of methoxy groups -OCH3 is 2. The normalized spacial score (nSPS) is 17.9. The summed E-state index contributed by atoms with van der Waals surface area (Å²) in [5.41, 5.74) is -0.144. The minimum Gasteiger partial charge on any atom is -0.496 e. The van der Waals surface area contributed by atoms with Gasteiger partial charge in [-0.2, -0.15) is 0 Å². The number of ether oxygens (including phenoxy) is 3. The molecular weight excluding hydrogens is 448 g/mol. The second-order valence-corrected chi connectivity index (χ2v) is 8.28. The van der Waals surface area contributed by atoms with E-state index in [1.165, 1.54) is 19.1 Å². The number of para-hydroxylation sites is 1. The smallest absolute Gasteiger partial charge is 0.294 e. The van der Waals surface area contributed by atoms with Crippen molar-refractivity contribution in [2.24, 2.45) is 0 Å². The highest BCUT2D eigenvalue weighted by Gasteiger charge is 2.47. The highest BCUT2D eigenvalue weighted by atomic mass is 35.5. The van der Waals surface area contributed by atoms with Crippen LogP contribution in [0.25, 0.3) is 11.0 Å². The van der Waals surface area contributed by atoms with Gasteiger partial charge in [0.2, 0.25) is 11.7 Å². The van der Waals surface area contributed by atoms with E-state index in [0.717, 1.165) is 0 Å². The fraction of sp³-hybridized carbons (Fsp3) is 0.333. The average molecular weight is 473 g/mol. The van der Waals surface area contributed by atoms with Crippen molar-refractivity contribution in [2.45, 2.75) is 19.0 Å². The number of halogens is 1. The van der Waals surface area contributed by atoms with Crippen LogP contribution < -0.4 is 14.8 Å². The van der Waals surface area contributed by atoms with Gasteiger partial charge in [-0.25, -0.2) is 0 Å². The minimum absolute atomic E-state index is 0.0650. The molecule has 174 valence electrons. The van der Waals surface area contributed by atoms with Crippen LogP contribution in [0, 0.1) is 0 Å². The number of nitrogens with one attached hydrogen (secondary N) is 1. The number of furan rings is 1. The Kier molecular flexibility index (Phi) is 6.49. The Morgan fingerprint density at radius 1 is 1.21 bits per heavy atom. The molecule has 3 aromatic rings. The molecule has 0 fully saturated rings. The molecule has 0 aliphatic carbocycles. The van der Waals surface area contributed by atoms with Gasteiger partial charge in [0.25, 0.3) is 5.91 Å². The molecule has 1 aliphatic rings. The molecule has 0 saturated carbocycles. The number of nitrogens with zero attached hydrogens (tertiary/aromatic N) is 1. The number of benzene rings is 2. The Balaban J connectivity index is 1.65. The van der Waals surface area contributed by atoms with Crippen LogP contribution in [0.1, 0.15) is 23.0 Å². The van der Waals surface area contributed by atoms with Gasteiger partial charge in [-0.1, -0.05) is 29.8 Å². The average Bonchev–Trinajstić information content (AvgIpc) is 3.15. The number of hydrogen-bond acceptors (Lipinski definition) is 6. The lowest BCUT2D eigenvalue weighted by Gasteiger charge is -2.37. The lowest BCUT2D eigenvalue weighted by molar-refractivity contribution is -0.133. The zero-order chi connectivity index (χ0) is 23.6. The van der Waals surface area contributed by atoms with E-state index in [1.54, 1.807) is 31.2 Å². The first-order valence-corrected chi connectivity index (χ1v) is 10.8. The van der Waals surface area contributed by atoms with Crippen LogP contribution in [-0.4, -0.2) is 56.2 Å². The van der Waals surface area contributed by atoms with Crippen LogP contribution in [0.2, 0.25) is 5.02 Å². The van der Waals surface area contributed by atoms with E-state index >= 15 is 0 Å². The lowest BCUT2D eigenvalue weighted by Crippen LogP contribution is -2.61. The quantitative estimate of drug-likeness (QED) is 0.564. The van der Waals surface area contributed by atoms with E-state index in [-0.39, 0.29) is 32.1 Å². The Bertz CT molecular complexity index is 1190. The van der Waals surface area contributed by atoms with Gasteiger partial charge in [0.15, 0.2) is 11.3 Å². The highest BCUT2D eigenvalue weighted by molar-refractivity contribution is 6.31. The van der Waals surface area contributed by atoms with Gasteiger partial charge in [-0.05, 0) is 31.2 Å². The van der Waals surface area contributed by atoms with Gasteiger partial charge >= 0.3 is 0 Å². The number of fused-ring (bicyclic) bond motifs is 3. The molecule has 0 bridgehead atoms. The Morgan fingerprint density at radius 3 is 2.76 bits per heavy atom. The predicted octanol–water partition coefficient (Wildman–Crippen LogP) is 3.65. The van der Waals surface area contributed by atoms with Gasteiger partial charge in [0, 0.05) is 30.8 Å². The molecule has 1 atom stereocenters. The molecule has 2 amide bonds. The molecule has 0 radical (unpaired) electrons. The zero-order valence-corrected chi connectivity index (χ0v) is 19.4. The van der Waals surface area contributed by atoms with Gasteiger partial charge in [0.05, 0.1) is 19.1 Å². The van der Waals surface area contributed by atoms with E-state index in [9.17, 15) is 9.59 Å². The van der Waals surface area contributed by atoms with Crippen molar-refractivity contribution in [2.75, 3.05) is 34.0 Å². The summed E-state index contributed by atoms with van der Waals surface area (Å²) in [6.07, 6.45) is 0. The van der Waals surface area contributed by atoms with Crippen molar-refractivity contribution in [1.29, 1.82) is 0 Å². The first-order chi connectivity index (χ1) is 15.9. The van der Waals surface area contributed by atoms with E-state index < -0.39 is 17.4 Å². The van der Waals surface area contributed by atoms with Crippen molar-refractivity contribution in [1.82, 2.24) is 10.2 Å². The highest BCUT2D eigenvalue weighted by Crippen LogP contribution is 2.38. The van der Waals surface area contributed by atoms with Crippen LogP contribution in [0.4, 0.5) is 0 Å². The molecule has 1 aromatic heterocycles. The fourth-order valence-corrected chi connectivity index (χ4v) is 4.16. The number of hydrogen-bond donors (Lipinski definition) is 1. The maximum absolute atomic E-state index is 13.5. The van der Waals surface area contributed by atoms with Crippen LogP contribution in [-0.2, 0) is 16.1 Å². The Morgan fingerprint density at radius 2 is 2.00 bits per heavy atom. The summed E-state index contributed by atoms with van der Waals surface area (Å²) < 4.78 is 22.4. The van der Waals surface area contributed by atoms with Crippen LogP contribution in [0.15, 0.2) is 46.9 Å². The molecule has 9 heteroatoms. The molecule has 0 spiro atoms. The summed E-state index contributed by atoms with van der Waals surface area (Å²) in [5, 5.41) is 4.03. The molecule has 1 aliphatic heterocycles. The molecule has 4 rings (SSSR count). The molecule has 2 aromatic carbocycles. The zero-order valence-electron chi connectivity index (χ0n) is 18.6. The molecular formula is C24H25ClN2O6. The van der Waals surface area contributed by atoms with Gasteiger partial charge in [0.1, 0.15) is 17.9 Å². The van der Waals surface area contributed by atoms with Crippen molar-refractivity contribution in [3.05, 3.63) is 58.8 Å². The van der Waals surface area contributed by atoms with Crippen molar-refractivity contribution in [3.63, 3.8) is 0 Å². The summed E-state index contributed by atoms with van der Waals surface area (Å²) in [5.74, 6) is 0.119. The first kappa shape index (κ1) is 22.9. The topological polar surface area (TPSA) is 90.2 Å². The summed E-state index contributed by atoms with van der Waals surface area (Å²) in [4.78, 5) is 28.4. The SMILES string of the molecule is COCCN1C(=O)c2oc3ccccc3c2OCC1(C)C(=O)NCc1c(Cl)cccc1OC. The maximum Gasteiger partial charge on any atom is 0.294 e. The number of rotatable bonds is 7. The van der Waals surface area contributed by atoms with Gasteiger partial charge < -0.3 is 28.8 Å². The first-order valence-electron chi connectivity index (χ1n) is 10.5. The second kappa shape index (κ2) is 9.33. The Hall–Kier alpha value is -3.23. The van der Waals surface area contributed by atoms with Gasteiger partial charge in [-0.3, -0.25) is 9.59 Å². The molecule has 2 heterocycles. The monoisotopic (exact) mass is 472 g/mol. The second-order valence-electron chi connectivity index (χ2n) is 7.87. The van der Waals surface area contributed by atoms with Gasteiger partial charge in [-0.15, -0.1) is 0 Å².